The summed E-state index contributed by atoms with van der Waals surface area (Å²) < 4.78 is 33.8. The van der Waals surface area contributed by atoms with Crippen LogP contribution in [0, 0.1) is 0 Å². The molecule has 0 radical (unpaired) electrons. The van der Waals surface area contributed by atoms with Crippen LogP contribution in [-0.4, -0.2) is 31.3 Å². The molecule has 0 saturated carbocycles. The minimum absolute atomic E-state index is 0.109. The molecule has 0 aliphatic carbocycles. The van der Waals surface area contributed by atoms with E-state index in [1.54, 1.807) is 0 Å². The van der Waals surface area contributed by atoms with Gasteiger partial charge in [0.1, 0.15) is 12.4 Å². The number of hydrogen-bond donors (Lipinski definition) is 1. The number of esters is 1. The monoisotopic (exact) mass is 298 g/mol. The van der Waals surface area contributed by atoms with E-state index in [4.69, 9.17) is 27.8 Å². The van der Waals surface area contributed by atoms with Gasteiger partial charge < -0.3 is 4.74 Å². The summed E-state index contributed by atoms with van der Waals surface area (Å²) in [7, 11) is -4.15. The molecule has 0 spiro atoms. The summed E-state index contributed by atoms with van der Waals surface area (Å²) >= 11 is 11.3. The van der Waals surface area contributed by atoms with Crippen molar-refractivity contribution in [1.29, 1.82) is 0 Å². The van der Waals surface area contributed by atoms with Gasteiger partial charge in [0.15, 0.2) is 0 Å². The lowest BCUT2D eigenvalue weighted by atomic mass is 10.2. The third-order valence-corrected chi connectivity index (χ3v) is 2.79. The van der Waals surface area contributed by atoms with Gasteiger partial charge in [0, 0.05) is 10.0 Å². The van der Waals surface area contributed by atoms with Crippen LogP contribution in [0.1, 0.15) is 10.4 Å². The number of hydrogen-bond acceptors (Lipinski definition) is 4. The number of rotatable bonds is 4. The highest BCUT2D eigenvalue weighted by Crippen LogP contribution is 2.19. The first-order valence-corrected chi connectivity index (χ1v) is 6.73. The number of halogens is 2. The molecule has 0 aromatic heterocycles. The van der Waals surface area contributed by atoms with Crippen molar-refractivity contribution in [3.05, 3.63) is 33.8 Å². The molecule has 5 nitrogen and oxygen atoms in total. The van der Waals surface area contributed by atoms with Crippen LogP contribution in [0.4, 0.5) is 0 Å². The van der Waals surface area contributed by atoms with Crippen LogP contribution < -0.4 is 0 Å². The zero-order valence-electron chi connectivity index (χ0n) is 8.39. The van der Waals surface area contributed by atoms with E-state index in [-0.39, 0.29) is 15.6 Å². The maximum absolute atomic E-state index is 11.4. The van der Waals surface area contributed by atoms with E-state index in [0.29, 0.717) is 0 Å². The predicted octanol–water partition coefficient (Wildman–Crippen LogP) is 2.04. The predicted molar refractivity (Wildman–Crippen MR) is 63.2 cm³/mol. The number of carbonyl (C=O) groups excluding carboxylic acids is 1. The summed E-state index contributed by atoms with van der Waals surface area (Å²) in [5.74, 6) is -1.43. The fraction of sp³-hybridized carbons (Fsp3) is 0.222. The Bertz CT molecular complexity index is 506. The highest BCUT2D eigenvalue weighted by atomic mass is 35.5. The lowest BCUT2D eigenvalue weighted by Gasteiger charge is -2.04. The Morgan fingerprint density at radius 2 is 1.76 bits per heavy atom. The van der Waals surface area contributed by atoms with E-state index >= 15 is 0 Å². The van der Waals surface area contributed by atoms with Crippen LogP contribution in [0.3, 0.4) is 0 Å². The number of benzene rings is 1. The van der Waals surface area contributed by atoms with Gasteiger partial charge in [-0.1, -0.05) is 23.2 Å². The van der Waals surface area contributed by atoms with E-state index < -0.39 is 28.4 Å². The van der Waals surface area contributed by atoms with E-state index in [9.17, 15) is 13.2 Å². The van der Waals surface area contributed by atoms with E-state index in [1.165, 1.54) is 18.2 Å². The molecule has 17 heavy (non-hydrogen) atoms. The second-order valence-corrected chi connectivity index (χ2v) is 5.53. The molecule has 1 aromatic carbocycles. The smallest absolute Gasteiger partial charge is 0.338 e. The first-order chi connectivity index (χ1) is 7.78. The minimum atomic E-state index is -4.15. The maximum atomic E-state index is 11.4. The van der Waals surface area contributed by atoms with Gasteiger partial charge in [0.2, 0.25) is 0 Å². The summed E-state index contributed by atoms with van der Waals surface area (Å²) in [6.07, 6.45) is 0. The third kappa shape index (κ3) is 5.36. The maximum Gasteiger partial charge on any atom is 0.338 e. The Hall–Kier alpha value is -0.820. The highest BCUT2D eigenvalue weighted by molar-refractivity contribution is 7.85. The minimum Gasteiger partial charge on any atom is -0.461 e. The van der Waals surface area contributed by atoms with Crippen molar-refractivity contribution in [2.24, 2.45) is 0 Å². The normalized spacial score (nSPS) is 11.2. The third-order valence-electron chi connectivity index (χ3n) is 1.67. The molecule has 0 aliphatic rings. The van der Waals surface area contributed by atoms with Crippen LogP contribution >= 0.6 is 23.2 Å². The lowest BCUT2D eigenvalue weighted by Crippen LogP contribution is -2.14. The molecule has 0 aliphatic heterocycles. The highest BCUT2D eigenvalue weighted by Gasteiger charge is 2.11. The summed E-state index contributed by atoms with van der Waals surface area (Å²) in [5, 5.41) is 0.526. The molecule has 0 atom stereocenters. The summed E-state index contributed by atoms with van der Waals surface area (Å²) in [5.41, 5.74) is 0.109. The van der Waals surface area contributed by atoms with Gasteiger partial charge in [0.05, 0.1) is 5.56 Å². The van der Waals surface area contributed by atoms with E-state index in [2.05, 4.69) is 4.74 Å². The van der Waals surface area contributed by atoms with Crippen LogP contribution in [0.25, 0.3) is 0 Å². The Balaban J connectivity index is 2.64. The molecule has 94 valence electrons. The van der Waals surface area contributed by atoms with Crippen molar-refractivity contribution < 1.29 is 22.5 Å². The average Bonchev–Trinajstić information content (AvgIpc) is 2.13. The average molecular weight is 299 g/mol. The van der Waals surface area contributed by atoms with Crippen LogP contribution in [-0.2, 0) is 14.9 Å². The number of carbonyl (C=O) groups is 1. The van der Waals surface area contributed by atoms with Crippen molar-refractivity contribution in [1.82, 2.24) is 0 Å². The van der Waals surface area contributed by atoms with Gasteiger partial charge in [-0.25, -0.2) is 4.79 Å². The molecule has 1 N–H and O–H groups in total. The Kier molecular flexibility index (Phi) is 4.76. The molecule has 0 heterocycles. The molecule has 0 saturated heterocycles. The standard InChI is InChI=1S/C9H8Cl2O5S/c10-7-3-6(4-8(11)5-7)9(12)16-1-2-17(13,14)15/h3-5H,1-2H2,(H,13,14,15). The van der Waals surface area contributed by atoms with E-state index in [1.807, 2.05) is 0 Å². The fourth-order valence-corrected chi connectivity index (χ4v) is 1.81. The molecule has 0 amide bonds. The number of ether oxygens (including phenoxy) is 1. The lowest BCUT2D eigenvalue weighted by molar-refractivity contribution is 0.0528. The fourth-order valence-electron chi connectivity index (χ4n) is 0.995. The zero-order valence-corrected chi connectivity index (χ0v) is 10.7. The van der Waals surface area contributed by atoms with Crippen LogP contribution in [0.15, 0.2) is 18.2 Å². The Morgan fingerprint density at radius 1 is 1.24 bits per heavy atom. The second kappa shape index (κ2) is 5.68. The van der Waals surface area contributed by atoms with Crippen LogP contribution in [0.5, 0.6) is 0 Å². The molecule has 8 heteroatoms. The van der Waals surface area contributed by atoms with Crippen molar-refractivity contribution in [3.63, 3.8) is 0 Å². The molecule has 0 unspecified atom stereocenters. The van der Waals surface area contributed by atoms with E-state index in [0.717, 1.165) is 0 Å². The first-order valence-electron chi connectivity index (χ1n) is 4.36. The van der Waals surface area contributed by atoms with Gasteiger partial charge >= 0.3 is 5.97 Å². The second-order valence-electron chi connectivity index (χ2n) is 3.08. The molecule has 0 bridgehead atoms. The van der Waals surface area contributed by atoms with Gasteiger partial charge in [-0.15, -0.1) is 0 Å². The molecular formula is C9H8Cl2O5S. The van der Waals surface area contributed by atoms with Gasteiger partial charge in [0.25, 0.3) is 10.1 Å². The summed E-state index contributed by atoms with van der Waals surface area (Å²) in [6.45, 7) is -0.443. The topological polar surface area (TPSA) is 80.7 Å². The van der Waals surface area contributed by atoms with Crippen molar-refractivity contribution >= 4 is 39.3 Å². The molecule has 1 rings (SSSR count). The largest absolute Gasteiger partial charge is 0.461 e. The first kappa shape index (κ1) is 14.2. The zero-order chi connectivity index (χ0) is 13.1. The van der Waals surface area contributed by atoms with Gasteiger partial charge in [-0.2, -0.15) is 8.42 Å². The van der Waals surface area contributed by atoms with Crippen molar-refractivity contribution in [2.75, 3.05) is 12.4 Å². The molecular weight excluding hydrogens is 291 g/mol. The molecule has 0 fully saturated rings. The van der Waals surface area contributed by atoms with Gasteiger partial charge in [-0.05, 0) is 18.2 Å². The summed E-state index contributed by atoms with van der Waals surface area (Å²) in [6, 6.07) is 4.12. The Labute approximate surface area is 108 Å². The van der Waals surface area contributed by atoms with Crippen molar-refractivity contribution in [3.8, 4) is 0 Å². The molecule has 1 aromatic rings. The van der Waals surface area contributed by atoms with Crippen molar-refractivity contribution in [2.45, 2.75) is 0 Å². The van der Waals surface area contributed by atoms with Crippen LogP contribution in [0.2, 0.25) is 10.0 Å². The van der Waals surface area contributed by atoms with Gasteiger partial charge in [-0.3, -0.25) is 4.55 Å². The quantitative estimate of drug-likeness (QED) is 0.679. The summed E-state index contributed by atoms with van der Waals surface area (Å²) in [4.78, 5) is 11.4. The Morgan fingerprint density at radius 3 is 2.24 bits per heavy atom. The SMILES string of the molecule is O=C(OCCS(=O)(=O)O)c1cc(Cl)cc(Cl)c1.